The Bertz CT molecular complexity index is 389. The lowest BCUT2D eigenvalue weighted by Crippen LogP contribution is -2.37. The van der Waals surface area contributed by atoms with Crippen LogP contribution in [0, 0.1) is 0 Å². The first-order valence-electron chi connectivity index (χ1n) is 5.21. The summed E-state index contributed by atoms with van der Waals surface area (Å²) in [6.45, 7) is 0. The van der Waals surface area contributed by atoms with E-state index in [-0.39, 0.29) is 19.3 Å². The molecule has 1 aliphatic heterocycles. The highest BCUT2D eigenvalue weighted by atomic mass is 19.1. The third-order valence-corrected chi connectivity index (χ3v) is 2.62. The molecule has 1 heterocycles. The zero-order valence-electron chi connectivity index (χ0n) is 8.73. The number of carbonyl (C=O) groups is 2. The van der Waals surface area contributed by atoms with Crippen LogP contribution in [0.15, 0.2) is 30.3 Å². The van der Waals surface area contributed by atoms with Gasteiger partial charge >= 0.3 is 0 Å². The highest BCUT2D eigenvalue weighted by Crippen LogP contribution is 2.19. The van der Waals surface area contributed by atoms with Crippen molar-refractivity contribution < 1.29 is 14.0 Å². The normalized spacial score (nSPS) is 17.9. The van der Waals surface area contributed by atoms with Crippen molar-refractivity contribution in [2.45, 2.75) is 25.6 Å². The van der Waals surface area contributed by atoms with E-state index in [1.807, 2.05) is 6.07 Å². The number of amides is 2. The molecular weight excluding hydrogens is 209 g/mol. The minimum Gasteiger partial charge on any atom is -0.274 e. The number of hydrogen-bond donors (Lipinski definition) is 0. The van der Waals surface area contributed by atoms with Gasteiger partial charge < -0.3 is 0 Å². The highest BCUT2D eigenvalue weighted by Gasteiger charge is 2.34. The van der Waals surface area contributed by atoms with Crippen molar-refractivity contribution >= 4 is 11.8 Å². The van der Waals surface area contributed by atoms with Gasteiger partial charge in [-0.3, -0.25) is 14.5 Å². The maximum Gasteiger partial charge on any atom is 0.232 e. The van der Waals surface area contributed by atoms with Crippen LogP contribution in [0.1, 0.15) is 18.4 Å². The molecule has 2 rings (SSSR count). The quantitative estimate of drug-likeness (QED) is 0.575. The number of imide groups is 1. The van der Waals surface area contributed by atoms with Crippen LogP contribution >= 0.6 is 0 Å². The summed E-state index contributed by atoms with van der Waals surface area (Å²) in [5.41, 5.74) is 0.780. The summed E-state index contributed by atoms with van der Waals surface area (Å²) in [5, 5.41) is 0. The summed E-state index contributed by atoms with van der Waals surface area (Å²) in [5.74, 6) is -0.818. The fraction of sp³-hybridized carbons (Fsp3) is 0.333. The molecule has 1 aromatic carbocycles. The molecule has 0 radical (unpaired) electrons. The first-order valence-corrected chi connectivity index (χ1v) is 5.21. The molecule has 0 spiro atoms. The molecule has 1 fully saturated rings. The Morgan fingerprint density at radius 2 is 1.69 bits per heavy atom. The molecule has 0 aliphatic carbocycles. The second-order valence-electron chi connectivity index (χ2n) is 3.78. The molecule has 1 aliphatic rings. The molecule has 1 aromatic rings. The lowest BCUT2D eigenvalue weighted by molar-refractivity contribution is -0.144. The van der Waals surface area contributed by atoms with Crippen LogP contribution in [0.5, 0.6) is 0 Å². The van der Waals surface area contributed by atoms with Crippen molar-refractivity contribution in [3.05, 3.63) is 35.9 Å². The van der Waals surface area contributed by atoms with Crippen LogP contribution in [0.3, 0.4) is 0 Å². The number of alkyl halides is 1. The first-order chi connectivity index (χ1) is 7.68. The van der Waals surface area contributed by atoms with E-state index >= 15 is 0 Å². The van der Waals surface area contributed by atoms with Crippen molar-refractivity contribution in [3.63, 3.8) is 0 Å². The smallest absolute Gasteiger partial charge is 0.232 e. The molecule has 1 saturated heterocycles. The number of carbonyl (C=O) groups excluding carboxylic acids is 2. The van der Waals surface area contributed by atoms with E-state index in [4.69, 9.17) is 0 Å². The highest BCUT2D eigenvalue weighted by molar-refractivity contribution is 6.02. The van der Waals surface area contributed by atoms with Crippen molar-refractivity contribution in [1.29, 1.82) is 0 Å². The summed E-state index contributed by atoms with van der Waals surface area (Å²) in [4.78, 5) is 23.3. The maximum absolute atomic E-state index is 13.8. The number of benzene rings is 1. The number of hydrogen-bond acceptors (Lipinski definition) is 2. The second kappa shape index (κ2) is 4.43. The third-order valence-electron chi connectivity index (χ3n) is 2.62. The monoisotopic (exact) mass is 221 g/mol. The van der Waals surface area contributed by atoms with Crippen LogP contribution in [-0.2, 0) is 16.0 Å². The predicted molar refractivity (Wildman–Crippen MR) is 56.1 cm³/mol. The molecule has 2 amide bonds. The molecule has 4 heteroatoms. The van der Waals surface area contributed by atoms with Gasteiger partial charge in [-0.05, 0) is 5.56 Å². The Hall–Kier alpha value is -1.71. The van der Waals surface area contributed by atoms with Gasteiger partial charge in [0.25, 0.3) is 0 Å². The SMILES string of the molecule is O=C1CCC(=O)N1[C@H](F)Cc1ccccc1. The zero-order valence-corrected chi connectivity index (χ0v) is 8.73. The molecule has 84 valence electrons. The topological polar surface area (TPSA) is 37.4 Å². The Morgan fingerprint density at radius 3 is 2.25 bits per heavy atom. The minimum absolute atomic E-state index is 0.0678. The molecule has 0 N–H and O–H groups in total. The van der Waals surface area contributed by atoms with Gasteiger partial charge in [0.15, 0.2) is 6.30 Å². The molecular formula is C12H12FNO2. The lowest BCUT2D eigenvalue weighted by atomic mass is 10.1. The molecule has 3 nitrogen and oxygen atoms in total. The van der Waals surface area contributed by atoms with Crippen molar-refractivity contribution in [2.24, 2.45) is 0 Å². The van der Waals surface area contributed by atoms with E-state index in [0.717, 1.165) is 10.5 Å². The largest absolute Gasteiger partial charge is 0.274 e. The molecule has 0 bridgehead atoms. The van der Waals surface area contributed by atoms with Crippen LogP contribution < -0.4 is 0 Å². The summed E-state index contributed by atoms with van der Waals surface area (Å²) >= 11 is 0. The number of halogens is 1. The summed E-state index contributed by atoms with van der Waals surface area (Å²) in [7, 11) is 0. The minimum atomic E-state index is -1.54. The number of likely N-dealkylation sites (tertiary alicyclic amines) is 1. The standard InChI is InChI=1S/C12H12FNO2/c13-10(8-9-4-2-1-3-5-9)14-11(15)6-7-12(14)16/h1-5,10H,6-8H2/t10-/m0/s1. The van der Waals surface area contributed by atoms with E-state index < -0.39 is 18.1 Å². The Labute approximate surface area is 92.9 Å². The van der Waals surface area contributed by atoms with E-state index in [1.165, 1.54) is 0 Å². The summed E-state index contributed by atoms with van der Waals surface area (Å²) in [6, 6.07) is 8.99. The lowest BCUT2D eigenvalue weighted by Gasteiger charge is -2.18. The van der Waals surface area contributed by atoms with Gasteiger partial charge in [0.2, 0.25) is 11.8 Å². The van der Waals surface area contributed by atoms with Gasteiger partial charge in [0.1, 0.15) is 0 Å². The third kappa shape index (κ3) is 2.10. The van der Waals surface area contributed by atoms with Crippen LogP contribution in [0.25, 0.3) is 0 Å². The second-order valence-corrected chi connectivity index (χ2v) is 3.78. The Morgan fingerprint density at radius 1 is 1.12 bits per heavy atom. The van der Waals surface area contributed by atoms with Crippen LogP contribution in [-0.4, -0.2) is 23.0 Å². The van der Waals surface area contributed by atoms with Gasteiger partial charge in [0, 0.05) is 19.3 Å². The maximum atomic E-state index is 13.8. The average molecular weight is 221 g/mol. The number of nitrogens with zero attached hydrogens (tertiary/aromatic N) is 1. The van der Waals surface area contributed by atoms with E-state index in [1.54, 1.807) is 24.3 Å². The van der Waals surface area contributed by atoms with Crippen LogP contribution in [0.2, 0.25) is 0 Å². The molecule has 0 saturated carbocycles. The van der Waals surface area contributed by atoms with E-state index in [9.17, 15) is 14.0 Å². The number of rotatable bonds is 3. The van der Waals surface area contributed by atoms with Crippen molar-refractivity contribution in [1.82, 2.24) is 4.90 Å². The summed E-state index contributed by atoms with van der Waals surface area (Å²) < 4.78 is 13.8. The Kier molecular flexibility index (Phi) is 2.99. The zero-order chi connectivity index (χ0) is 11.5. The van der Waals surface area contributed by atoms with E-state index in [2.05, 4.69) is 0 Å². The molecule has 1 atom stereocenters. The predicted octanol–water partition coefficient (Wildman–Crippen LogP) is 1.67. The van der Waals surface area contributed by atoms with E-state index in [0.29, 0.717) is 0 Å². The summed E-state index contributed by atoms with van der Waals surface area (Å²) in [6.07, 6.45) is -1.20. The average Bonchev–Trinajstić information content (AvgIpc) is 2.60. The van der Waals surface area contributed by atoms with Gasteiger partial charge in [-0.15, -0.1) is 0 Å². The van der Waals surface area contributed by atoms with Gasteiger partial charge in [-0.1, -0.05) is 30.3 Å². The van der Waals surface area contributed by atoms with Crippen LogP contribution in [0.4, 0.5) is 4.39 Å². The van der Waals surface area contributed by atoms with Crippen molar-refractivity contribution in [2.75, 3.05) is 0 Å². The van der Waals surface area contributed by atoms with Gasteiger partial charge in [-0.25, -0.2) is 4.39 Å². The Balaban J connectivity index is 2.06. The first kappa shape index (κ1) is 10.8. The van der Waals surface area contributed by atoms with Gasteiger partial charge in [0.05, 0.1) is 0 Å². The van der Waals surface area contributed by atoms with Gasteiger partial charge in [-0.2, -0.15) is 0 Å². The molecule has 16 heavy (non-hydrogen) atoms. The fourth-order valence-electron chi connectivity index (χ4n) is 1.81. The molecule has 0 aromatic heterocycles. The molecule has 0 unspecified atom stereocenters. The fourth-order valence-corrected chi connectivity index (χ4v) is 1.81. The van der Waals surface area contributed by atoms with Crippen molar-refractivity contribution in [3.8, 4) is 0 Å².